The molecule has 5 heteroatoms. The van der Waals surface area contributed by atoms with Crippen LogP contribution < -0.4 is 0 Å². The van der Waals surface area contributed by atoms with Crippen LogP contribution in [-0.4, -0.2) is 27.4 Å². The van der Waals surface area contributed by atoms with Crippen LogP contribution in [0.5, 0.6) is 0 Å². The minimum atomic E-state index is -3.62. The van der Waals surface area contributed by atoms with Crippen molar-refractivity contribution < 1.29 is 17.9 Å². The van der Waals surface area contributed by atoms with Crippen LogP contribution in [0.25, 0.3) is 0 Å². The topological polar surface area (TPSA) is 60.4 Å². The summed E-state index contributed by atoms with van der Waals surface area (Å²) in [4.78, 5) is 12.9. The zero-order valence-electron chi connectivity index (χ0n) is 13.1. The van der Waals surface area contributed by atoms with E-state index in [-0.39, 0.29) is 16.6 Å². The Morgan fingerprint density at radius 3 is 2.70 bits per heavy atom. The molecule has 0 radical (unpaired) electrons. The van der Waals surface area contributed by atoms with Crippen LogP contribution in [0, 0.1) is 5.92 Å². The maximum atomic E-state index is 12.7. The van der Waals surface area contributed by atoms with Crippen molar-refractivity contribution in [1.29, 1.82) is 0 Å². The molecule has 122 valence electrons. The molecule has 1 atom stereocenters. The third kappa shape index (κ3) is 3.03. The van der Waals surface area contributed by atoms with E-state index in [2.05, 4.69) is 6.92 Å². The summed E-state index contributed by atoms with van der Waals surface area (Å²) < 4.78 is 30.6. The zero-order valence-corrected chi connectivity index (χ0v) is 13.9. The van der Waals surface area contributed by atoms with E-state index in [9.17, 15) is 13.2 Å². The van der Waals surface area contributed by atoms with E-state index in [1.54, 1.807) is 30.3 Å². The van der Waals surface area contributed by atoms with Gasteiger partial charge in [-0.1, -0.05) is 31.5 Å². The largest absolute Gasteiger partial charge is 0.376 e. The number of ether oxygens (including phenoxy) is 1. The number of fused-ring (bicyclic) bond motifs is 1. The first-order chi connectivity index (χ1) is 11.0. The number of rotatable bonds is 5. The third-order valence-electron chi connectivity index (χ3n) is 4.40. The second-order valence-electron chi connectivity index (χ2n) is 5.94. The van der Waals surface area contributed by atoms with Gasteiger partial charge in [-0.3, -0.25) is 4.79 Å². The van der Waals surface area contributed by atoms with Crippen molar-refractivity contribution in [2.75, 3.05) is 13.2 Å². The number of hydrogen-bond donors (Lipinski definition) is 0. The average Bonchev–Trinajstić information content (AvgIpc) is 3.10. The van der Waals surface area contributed by atoms with E-state index in [0.717, 1.165) is 29.4 Å². The van der Waals surface area contributed by atoms with Gasteiger partial charge >= 0.3 is 0 Å². The van der Waals surface area contributed by atoms with Gasteiger partial charge in [0.1, 0.15) is 0 Å². The molecule has 1 fully saturated rings. The Kier molecular flexibility index (Phi) is 4.50. The molecule has 2 aliphatic rings. The van der Waals surface area contributed by atoms with Gasteiger partial charge < -0.3 is 4.74 Å². The summed E-state index contributed by atoms with van der Waals surface area (Å²) in [6.45, 7) is 2.91. The van der Waals surface area contributed by atoms with Crippen molar-refractivity contribution in [2.45, 2.75) is 31.1 Å². The number of carbonyl (C=O) groups is 1. The van der Waals surface area contributed by atoms with Gasteiger partial charge in [-0.2, -0.15) is 0 Å². The maximum absolute atomic E-state index is 12.7. The quantitative estimate of drug-likeness (QED) is 0.778. The fourth-order valence-electron chi connectivity index (χ4n) is 3.15. The minimum Gasteiger partial charge on any atom is -0.376 e. The lowest BCUT2D eigenvalue weighted by Crippen LogP contribution is -2.10. The number of Topliss-reactive ketones (excluding diaryl/α,β-unsaturated/α-hetero) is 1. The molecule has 0 bridgehead atoms. The van der Waals surface area contributed by atoms with Crippen molar-refractivity contribution in [3.63, 3.8) is 0 Å². The van der Waals surface area contributed by atoms with Crippen LogP contribution in [-0.2, 0) is 19.4 Å². The Morgan fingerprint density at radius 2 is 2.00 bits per heavy atom. The van der Waals surface area contributed by atoms with Crippen LogP contribution in [0.4, 0.5) is 0 Å². The molecule has 1 aromatic rings. The molecule has 1 saturated heterocycles. The van der Waals surface area contributed by atoms with Crippen LogP contribution in [0.15, 0.2) is 57.4 Å². The summed E-state index contributed by atoms with van der Waals surface area (Å²) in [5.74, 6) is -0.297. The standard InChI is InChI=1S/C18H20O4S/c1-2-3-9-14-15-10-22-11-16(15)17(18(14)19)12-23(20,21)13-7-5-4-6-8-13/h4-8,12,16H,2-3,9-11H2,1H3/b17-12+. The van der Waals surface area contributed by atoms with Gasteiger partial charge in [-0.25, -0.2) is 8.42 Å². The molecule has 0 saturated carbocycles. The number of ketones is 1. The second-order valence-corrected chi connectivity index (χ2v) is 7.73. The number of benzene rings is 1. The first kappa shape index (κ1) is 16.1. The smallest absolute Gasteiger partial charge is 0.200 e. The SMILES string of the molecule is CCCCC1=C2COCC2/C(=C\S(=O)(=O)c2ccccc2)C1=O. The molecular weight excluding hydrogens is 312 g/mol. The molecule has 1 aliphatic carbocycles. The highest BCUT2D eigenvalue weighted by molar-refractivity contribution is 7.94. The van der Waals surface area contributed by atoms with E-state index in [4.69, 9.17) is 4.74 Å². The molecule has 1 aliphatic heterocycles. The Hall–Kier alpha value is -1.72. The summed E-state index contributed by atoms with van der Waals surface area (Å²) in [7, 11) is -3.62. The van der Waals surface area contributed by atoms with Gasteiger partial charge in [0.05, 0.1) is 18.1 Å². The number of hydrogen-bond acceptors (Lipinski definition) is 4. The summed E-state index contributed by atoms with van der Waals surface area (Å²) in [5.41, 5.74) is 2.12. The maximum Gasteiger partial charge on any atom is 0.200 e. The van der Waals surface area contributed by atoms with E-state index >= 15 is 0 Å². The van der Waals surface area contributed by atoms with Gasteiger partial charge in [-0.05, 0) is 30.5 Å². The fourth-order valence-corrected chi connectivity index (χ4v) is 4.43. The number of unbranched alkanes of at least 4 members (excludes halogenated alkanes) is 1. The summed E-state index contributed by atoms with van der Waals surface area (Å²) >= 11 is 0. The molecule has 3 rings (SSSR count). The average molecular weight is 332 g/mol. The molecular formula is C18H20O4S. The van der Waals surface area contributed by atoms with Crippen molar-refractivity contribution in [3.8, 4) is 0 Å². The van der Waals surface area contributed by atoms with Gasteiger partial charge in [-0.15, -0.1) is 0 Å². The lowest BCUT2D eigenvalue weighted by molar-refractivity contribution is -0.112. The number of carbonyl (C=O) groups excluding carboxylic acids is 1. The third-order valence-corrected chi connectivity index (χ3v) is 5.89. The van der Waals surface area contributed by atoms with Gasteiger partial charge in [0, 0.05) is 22.5 Å². The summed E-state index contributed by atoms with van der Waals surface area (Å²) in [5, 5.41) is 1.16. The summed E-state index contributed by atoms with van der Waals surface area (Å²) in [6.07, 6.45) is 2.63. The molecule has 1 aromatic carbocycles. The minimum absolute atomic E-state index is 0.110. The first-order valence-electron chi connectivity index (χ1n) is 7.90. The Bertz CT molecular complexity index is 772. The highest BCUT2D eigenvalue weighted by atomic mass is 32.2. The Labute approximate surface area is 136 Å². The first-order valence-corrected chi connectivity index (χ1v) is 9.45. The van der Waals surface area contributed by atoms with Crippen molar-refractivity contribution in [3.05, 3.63) is 52.5 Å². The van der Waals surface area contributed by atoms with Gasteiger partial charge in [0.2, 0.25) is 0 Å². The molecule has 23 heavy (non-hydrogen) atoms. The molecule has 0 spiro atoms. The summed E-state index contributed by atoms with van der Waals surface area (Å²) in [6, 6.07) is 8.21. The second kappa shape index (κ2) is 6.42. The molecule has 0 N–H and O–H groups in total. The van der Waals surface area contributed by atoms with E-state index in [1.165, 1.54) is 0 Å². The van der Waals surface area contributed by atoms with Gasteiger partial charge in [0.15, 0.2) is 15.6 Å². The Balaban J connectivity index is 1.97. The number of sulfone groups is 1. The highest BCUT2D eigenvalue weighted by Crippen LogP contribution is 2.40. The monoisotopic (exact) mass is 332 g/mol. The molecule has 4 nitrogen and oxygen atoms in total. The van der Waals surface area contributed by atoms with E-state index in [0.29, 0.717) is 25.2 Å². The lowest BCUT2D eigenvalue weighted by atomic mass is 10.0. The lowest BCUT2D eigenvalue weighted by Gasteiger charge is -2.06. The fraction of sp³-hybridized carbons (Fsp3) is 0.389. The number of allylic oxidation sites excluding steroid dienone is 1. The van der Waals surface area contributed by atoms with E-state index in [1.807, 2.05) is 0 Å². The molecule has 1 unspecified atom stereocenters. The highest BCUT2D eigenvalue weighted by Gasteiger charge is 2.40. The van der Waals surface area contributed by atoms with Crippen molar-refractivity contribution >= 4 is 15.6 Å². The van der Waals surface area contributed by atoms with Crippen LogP contribution in [0.2, 0.25) is 0 Å². The predicted molar refractivity (Wildman–Crippen MR) is 87.6 cm³/mol. The molecule has 0 amide bonds. The Morgan fingerprint density at radius 1 is 1.26 bits per heavy atom. The van der Waals surface area contributed by atoms with Crippen LogP contribution >= 0.6 is 0 Å². The normalized spacial score (nSPS) is 22.9. The zero-order chi connectivity index (χ0) is 16.4. The van der Waals surface area contributed by atoms with Crippen LogP contribution in [0.3, 0.4) is 0 Å². The van der Waals surface area contributed by atoms with E-state index < -0.39 is 9.84 Å². The van der Waals surface area contributed by atoms with Crippen molar-refractivity contribution in [2.24, 2.45) is 5.92 Å². The van der Waals surface area contributed by atoms with Crippen LogP contribution in [0.1, 0.15) is 26.2 Å². The molecule has 1 heterocycles. The van der Waals surface area contributed by atoms with Crippen molar-refractivity contribution in [1.82, 2.24) is 0 Å². The van der Waals surface area contributed by atoms with Gasteiger partial charge in [0.25, 0.3) is 0 Å². The molecule has 0 aromatic heterocycles. The predicted octanol–water partition coefficient (Wildman–Crippen LogP) is 3.06.